The molecule has 2 saturated heterocycles. The first-order valence-corrected chi connectivity index (χ1v) is 9.62. The molecule has 138 valence electrons. The third-order valence-corrected chi connectivity index (χ3v) is 5.27. The molecule has 0 amide bonds. The molecule has 4 heteroatoms. The Kier molecular flexibility index (Phi) is 5.97. The number of hydrogen-bond donors (Lipinski definition) is 0. The molecular weight excluding hydrogens is 324 g/mol. The van der Waals surface area contributed by atoms with E-state index in [9.17, 15) is 0 Å². The van der Waals surface area contributed by atoms with E-state index in [-0.39, 0.29) is 12.2 Å². The number of morpholine rings is 2. The van der Waals surface area contributed by atoms with E-state index >= 15 is 0 Å². The second kappa shape index (κ2) is 8.78. The lowest BCUT2D eigenvalue weighted by Gasteiger charge is -2.41. The van der Waals surface area contributed by atoms with Crippen molar-refractivity contribution in [1.82, 2.24) is 9.80 Å². The second-order valence-electron chi connectivity index (χ2n) is 7.26. The maximum atomic E-state index is 6.09. The van der Waals surface area contributed by atoms with Crippen LogP contribution in [0.3, 0.4) is 0 Å². The first-order chi connectivity index (χ1) is 12.9. The molecule has 2 aliphatic heterocycles. The number of ether oxygens (including phenoxy) is 2. The molecular formula is C22H28N2O2. The Balaban J connectivity index is 1.32. The molecule has 2 aliphatic rings. The van der Waals surface area contributed by atoms with Crippen LogP contribution < -0.4 is 0 Å². The Morgan fingerprint density at radius 2 is 1.08 bits per heavy atom. The van der Waals surface area contributed by atoms with Gasteiger partial charge in [0, 0.05) is 39.3 Å². The average Bonchev–Trinajstić information content (AvgIpc) is 2.70. The van der Waals surface area contributed by atoms with Crippen LogP contribution in [0.4, 0.5) is 0 Å². The zero-order valence-electron chi connectivity index (χ0n) is 15.3. The molecule has 2 aromatic carbocycles. The Labute approximate surface area is 156 Å². The highest BCUT2D eigenvalue weighted by atomic mass is 16.5. The van der Waals surface area contributed by atoms with Crippen LogP contribution in [-0.2, 0) is 22.6 Å². The largest absolute Gasteiger partial charge is 0.373 e. The summed E-state index contributed by atoms with van der Waals surface area (Å²) in [5, 5.41) is 0. The van der Waals surface area contributed by atoms with Crippen molar-refractivity contribution in [1.29, 1.82) is 0 Å². The molecule has 26 heavy (non-hydrogen) atoms. The summed E-state index contributed by atoms with van der Waals surface area (Å²) in [6, 6.07) is 21.4. The minimum Gasteiger partial charge on any atom is -0.373 e. The molecule has 0 spiro atoms. The van der Waals surface area contributed by atoms with Gasteiger partial charge in [-0.2, -0.15) is 0 Å². The van der Waals surface area contributed by atoms with E-state index in [1.807, 2.05) is 0 Å². The van der Waals surface area contributed by atoms with E-state index in [2.05, 4.69) is 70.5 Å². The Morgan fingerprint density at radius 3 is 1.50 bits per heavy atom. The Morgan fingerprint density at radius 1 is 0.654 bits per heavy atom. The lowest BCUT2D eigenvalue weighted by Crippen LogP contribution is -2.54. The van der Waals surface area contributed by atoms with Gasteiger partial charge in [-0.3, -0.25) is 9.80 Å². The van der Waals surface area contributed by atoms with E-state index < -0.39 is 0 Å². The highest BCUT2D eigenvalue weighted by Gasteiger charge is 2.32. The minimum atomic E-state index is 0.158. The molecule has 0 radical (unpaired) electrons. The van der Waals surface area contributed by atoms with E-state index in [0.29, 0.717) is 0 Å². The van der Waals surface area contributed by atoms with E-state index in [1.165, 1.54) is 11.1 Å². The van der Waals surface area contributed by atoms with Crippen molar-refractivity contribution in [3.63, 3.8) is 0 Å². The molecule has 2 heterocycles. The third kappa shape index (κ3) is 4.71. The van der Waals surface area contributed by atoms with Gasteiger partial charge < -0.3 is 9.47 Å². The molecule has 2 fully saturated rings. The summed E-state index contributed by atoms with van der Waals surface area (Å²) in [7, 11) is 0. The maximum absolute atomic E-state index is 6.09. The predicted molar refractivity (Wildman–Crippen MR) is 103 cm³/mol. The van der Waals surface area contributed by atoms with Crippen LogP contribution in [0, 0.1) is 0 Å². The molecule has 4 nitrogen and oxygen atoms in total. The number of nitrogens with zero attached hydrogens (tertiary/aromatic N) is 2. The lowest BCUT2D eigenvalue weighted by atomic mass is 10.1. The monoisotopic (exact) mass is 352 g/mol. The molecule has 0 bridgehead atoms. The fourth-order valence-electron chi connectivity index (χ4n) is 3.88. The van der Waals surface area contributed by atoms with Crippen LogP contribution in [0.1, 0.15) is 11.1 Å². The summed E-state index contributed by atoms with van der Waals surface area (Å²) in [5.41, 5.74) is 2.73. The predicted octanol–water partition coefficient (Wildman–Crippen LogP) is 2.79. The standard InChI is InChI=1S/C22H28N2O2/c1-3-7-19(8-4-1)15-23-11-13-25-21(17-23)22-18-24(12-14-26-22)16-20-9-5-2-6-10-20/h1-10,21-22H,11-18H2/t21-,22-/m0/s1. The van der Waals surface area contributed by atoms with Crippen LogP contribution in [0.5, 0.6) is 0 Å². The summed E-state index contributed by atoms with van der Waals surface area (Å²) < 4.78 is 12.2. The van der Waals surface area contributed by atoms with Gasteiger partial charge in [-0.15, -0.1) is 0 Å². The highest BCUT2D eigenvalue weighted by Crippen LogP contribution is 2.19. The summed E-state index contributed by atoms with van der Waals surface area (Å²) in [4.78, 5) is 4.98. The van der Waals surface area contributed by atoms with Gasteiger partial charge in [-0.05, 0) is 11.1 Å². The van der Waals surface area contributed by atoms with E-state index in [4.69, 9.17) is 9.47 Å². The van der Waals surface area contributed by atoms with Crippen LogP contribution in [-0.4, -0.2) is 61.4 Å². The van der Waals surface area contributed by atoms with Crippen molar-refractivity contribution >= 4 is 0 Å². The number of benzene rings is 2. The van der Waals surface area contributed by atoms with Gasteiger partial charge in [0.15, 0.2) is 0 Å². The molecule has 2 aromatic rings. The van der Waals surface area contributed by atoms with Gasteiger partial charge in [0.1, 0.15) is 0 Å². The molecule has 2 atom stereocenters. The van der Waals surface area contributed by atoms with Crippen LogP contribution in [0.25, 0.3) is 0 Å². The normalized spacial score (nSPS) is 25.2. The molecule has 4 rings (SSSR count). The van der Waals surface area contributed by atoms with Crippen LogP contribution in [0.15, 0.2) is 60.7 Å². The minimum absolute atomic E-state index is 0.158. The summed E-state index contributed by atoms with van der Waals surface area (Å²) in [6.07, 6.45) is 0.317. The lowest BCUT2D eigenvalue weighted by molar-refractivity contribution is -0.140. The van der Waals surface area contributed by atoms with Crippen LogP contribution >= 0.6 is 0 Å². The quantitative estimate of drug-likeness (QED) is 0.826. The van der Waals surface area contributed by atoms with Gasteiger partial charge in [0.2, 0.25) is 0 Å². The Hall–Kier alpha value is -1.72. The zero-order chi connectivity index (χ0) is 17.6. The van der Waals surface area contributed by atoms with Crippen LogP contribution in [0.2, 0.25) is 0 Å². The second-order valence-corrected chi connectivity index (χ2v) is 7.26. The van der Waals surface area contributed by atoms with Gasteiger partial charge in [-0.25, -0.2) is 0 Å². The topological polar surface area (TPSA) is 24.9 Å². The van der Waals surface area contributed by atoms with Gasteiger partial charge in [0.25, 0.3) is 0 Å². The van der Waals surface area contributed by atoms with Crippen molar-refractivity contribution in [2.24, 2.45) is 0 Å². The smallest absolute Gasteiger partial charge is 0.0976 e. The molecule has 0 saturated carbocycles. The Bertz CT molecular complexity index is 605. The zero-order valence-corrected chi connectivity index (χ0v) is 15.3. The number of hydrogen-bond acceptors (Lipinski definition) is 4. The van der Waals surface area contributed by atoms with Crippen molar-refractivity contribution in [2.75, 3.05) is 39.4 Å². The average molecular weight is 352 g/mol. The molecule has 0 N–H and O–H groups in total. The summed E-state index contributed by atoms with van der Waals surface area (Å²) in [5.74, 6) is 0. The molecule has 0 aliphatic carbocycles. The number of rotatable bonds is 5. The molecule has 0 unspecified atom stereocenters. The summed E-state index contributed by atoms with van der Waals surface area (Å²) in [6.45, 7) is 7.42. The van der Waals surface area contributed by atoms with Crippen molar-refractivity contribution in [3.05, 3.63) is 71.8 Å². The van der Waals surface area contributed by atoms with Gasteiger partial charge >= 0.3 is 0 Å². The molecule has 0 aromatic heterocycles. The van der Waals surface area contributed by atoms with E-state index in [0.717, 1.165) is 52.5 Å². The van der Waals surface area contributed by atoms with Crippen molar-refractivity contribution in [2.45, 2.75) is 25.3 Å². The SMILES string of the molecule is c1ccc(CN2CCO[C@H]([C@@H]3CN(Cc4ccccc4)CCO3)C2)cc1. The van der Waals surface area contributed by atoms with Gasteiger partial charge in [-0.1, -0.05) is 60.7 Å². The first-order valence-electron chi connectivity index (χ1n) is 9.62. The van der Waals surface area contributed by atoms with Crippen molar-refractivity contribution < 1.29 is 9.47 Å². The first kappa shape index (κ1) is 17.7. The summed E-state index contributed by atoms with van der Waals surface area (Å²) >= 11 is 0. The van der Waals surface area contributed by atoms with Crippen molar-refractivity contribution in [3.8, 4) is 0 Å². The van der Waals surface area contributed by atoms with E-state index in [1.54, 1.807) is 0 Å². The highest BCUT2D eigenvalue weighted by molar-refractivity contribution is 5.15. The fraction of sp³-hybridized carbons (Fsp3) is 0.455. The fourth-order valence-corrected chi connectivity index (χ4v) is 3.88. The third-order valence-electron chi connectivity index (χ3n) is 5.27. The maximum Gasteiger partial charge on any atom is 0.0976 e. The van der Waals surface area contributed by atoms with Gasteiger partial charge in [0.05, 0.1) is 25.4 Å².